The predicted octanol–water partition coefficient (Wildman–Crippen LogP) is 4.22. The Balaban J connectivity index is 1.51. The molecule has 1 aromatic heterocycles. The van der Waals surface area contributed by atoms with Crippen molar-refractivity contribution in [2.45, 2.75) is 18.3 Å². The minimum absolute atomic E-state index is 0.0192. The van der Waals surface area contributed by atoms with E-state index in [0.29, 0.717) is 11.4 Å². The monoisotopic (exact) mass is 391 g/mol. The molecule has 0 saturated carbocycles. The second kappa shape index (κ2) is 8.63. The molecule has 1 amide bonds. The standard InChI is InChI=1S/C18H15F2N3O3S/c1-11(25-15-7-5-12(19)6-8-15)17-22-23-18(26-17)27-10-16(24)21-14-4-2-3-13(20)9-14/h2-9,11H,10H2,1H3,(H,21,24)/t11-/m1/s1. The van der Waals surface area contributed by atoms with Gasteiger partial charge in [0.05, 0.1) is 5.75 Å². The van der Waals surface area contributed by atoms with Gasteiger partial charge in [-0.25, -0.2) is 8.78 Å². The molecular weight excluding hydrogens is 376 g/mol. The number of carbonyl (C=O) groups excluding carboxylic acids is 1. The Bertz CT molecular complexity index is 918. The van der Waals surface area contributed by atoms with Crippen molar-refractivity contribution in [2.24, 2.45) is 0 Å². The van der Waals surface area contributed by atoms with Crippen LogP contribution in [0.4, 0.5) is 14.5 Å². The normalized spacial score (nSPS) is 11.8. The van der Waals surface area contributed by atoms with Gasteiger partial charge in [-0.3, -0.25) is 4.79 Å². The van der Waals surface area contributed by atoms with Crippen molar-refractivity contribution < 1.29 is 22.7 Å². The van der Waals surface area contributed by atoms with Gasteiger partial charge in [0.1, 0.15) is 17.4 Å². The molecule has 0 aliphatic carbocycles. The van der Waals surface area contributed by atoms with Gasteiger partial charge < -0.3 is 14.5 Å². The average Bonchev–Trinajstić information content (AvgIpc) is 3.11. The number of halogens is 2. The summed E-state index contributed by atoms with van der Waals surface area (Å²) < 4.78 is 37.1. The van der Waals surface area contributed by atoms with Crippen LogP contribution < -0.4 is 10.1 Å². The molecule has 1 heterocycles. The van der Waals surface area contributed by atoms with Gasteiger partial charge in [0, 0.05) is 5.69 Å². The van der Waals surface area contributed by atoms with Crippen molar-refractivity contribution >= 4 is 23.4 Å². The van der Waals surface area contributed by atoms with Crippen LogP contribution in [0.3, 0.4) is 0 Å². The fourth-order valence-corrected chi connectivity index (χ4v) is 2.67. The minimum atomic E-state index is -0.543. The van der Waals surface area contributed by atoms with Crippen LogP contribution in [0, 0.1) is 11.6 Å². The lowest BCUT2D eigenvalue weighted by atomic mass is 10.3. The fraction of sp³-hybridized carbons (Fsp3) is 0.167. The van der Waals surface area contributed by atoms with Gasteiger partial charge in [-0.1, -0.05) is 17.8 Å². The SMILES string of the molecule is C[C@@H](Oc1ccc(F)cc1)c1nnc(SCC(=O)Nc2cccc(F)c2)o1. The topological polar surface area (TPSA) is 77.2 Å². The van der Waals surface area contributed by atoms with E-state index in [4.69, 9.17) is 9.15 Å². The average molecular weight is 391 g/mol. The van der Waals surface area contributed by atoms with Gasteiger partial charge in [-0.2, -0.15) is 0 Å². The van der Waals surface area contributed by atoms with Crippen LogP contribution in [-0.4, -0.2) is 21.9 Å². The van der Waals surface area contributed by atoms with Crippen molar-refractivity contribution in [1.82, 2.24) is 10.2 Å². The second-order valence-electron chi connectivity index (χ2n) is 5.47. The predicted molar refractivity (Wildman–Crippen MR) is 95.5 cm³/mol. The highest BCUT2D eigenvalue weighted by Gasteiger charge is 2.17. The number of hydrogen-bond donors (Lipinski definition) is 1. The number of amides is 1. The van der Waals surface area contributed by atoms with E-state index in [1.165, 1.54) is 42.5 Å². The van der Waals surface area contributed by atoms with Gasteiger partial charge >= 0.3 is 0 Å². The molecule has 0 unspecified atom stereocenters. The number of benzene rings is 2. The molecule has 3 rings (SSSR count). The Morgan fingerprint density at radius 3 is 2.70 bits per heavy atom. The molecule has 27 heavy (non-hydrogen) atoms. The van der Waals surface area contributed by atoms with Gasteiger partial charge in [0.25, 0.3) is 11.1 Å². The maximum absolute atomic E-state index is 13.1. The third kappa shape index (κ3) is 5.52. The number of rotatable bonds is 7. The van der Waals surface area contributed by atoms with E-state index in [9.17, 15) is 13.6 Å². The zero-order chi connectivity index (χ0) is 19.2. The van der Waals surface area contributed by atoms with Gasteiger partial charge in [-0.15, -0.1) is 10.2 Å². The molecule has 0 fully saturated rings. The zero-order valence-electron chi connectivity index (χ0n) is 14.2. The third-order valence-corrected chi connectivity index (χ3v) is 4.15. The van der Waals surface area contributed by atoms with Crippen LogP contribution in [0.25, 0.3) is 0 Å². The lowest BCUT2D eigenvalue weighted by Gasteiger charge is -2.10. The Labute approximate surface area is 157 Å². The molecule has 3 aromatic rings. The van der Waals surface area contributed by atoms with Crippen LogP contribution in [-0.2, 0) is 4.79 Å². The summed E-state index contributed by atoms with van der Waals surface area (Å²) in [6, 6.07) is 11.2. The lowest BCUT2D eigenvalue weighted by Crippen LogP contribution is -2.14. The van der Waals surface area contributed by atoms with Crippen molar-refractivity contribution in [3.63, 3.8) is 0 Å². The first-order chi connectivity index (χ1) is 13.0. The molecule has 0 aliphatic rings. The smallest absolute Gasteiger partial charge is 0.277 e. The fourth-order valence-electron chi connectivity index (χ4n) is 2.10. The van der Waals surface area contributed by atoms with Crippen LogP contribution in [0.5, 0.6) is 5.75 Å². The van der Waals surface area contributed by atoms with Crippen molar-refractivity contribution in [2.75, 3.05) is 11.1 Å². The Kier molecular flexibility index (Phi) is 6.02. The summed E-state index contributed by atoms with van der Waals surface area (Å²) >= 11 is 1.05. The summed E-state index contributed by atoms with van der Waals surface area (Å²) in [4.78, 5) is 11.9. The van der Waals surface area contributed by atoms with E-state index < -0.39 is 11.9 Å². The molecule has 1 N–H and O–H groups in total. The first-order valence-corrected chi connectivity index (χ1v) is 8.92. The van der Waals surface area contributed by atoms with E-state index in [2.05, 4.69) is 15.5 Å². The van der Waals surface area contributed by atoms with Crippen LogP contribution in [0.2, 0.25) is 0 Å². The molecule has 0 spiro atoms. The molecule has 0 saturated heterocycles. The van der Waals surface area contributed by atoms with E-state index in [1.54, 1.807) is 13.0 Å². The van der Waals surface area contributed by atoms with E-state index in [-0.39, 0.29) is 28.6 Å². The summed E-state index contributed by atoms with van der Waals surface area (Å²) in [5.41, 5.74) is 0.369. The highest BCUT2D eigenvalue weighted by atomic mass is 32.2. The molecule has 0 aliphatic heterocycles. The molecular formula is C18H15F2N3O3S. The van der Waals surface area contributed by atoms with Gasteiger partial charge in [0.15, 0.2) is 6.10 Å². The van der Waals surface area contributed by atoms with Crippen molar-refractivity contribution in [1.29, 1.82) is 0 Å². The Morgan fingerprint density at radius 1 is 1.19 bits per heavy atom. The number of ether oxygens (including phenoxy) is 1. The third-order valence-electron chi connectivity index (χ3n) is 3.33. The number of nitrogens with zero attached hydrogens (tertiary/aromatic N) is 2. The largest absolute Gasteiger partial charge is 0.481 e. The number of nitrogens with one attached hydrogen (secondary N) is 1. The van der Waals surface area contributed by atoms with E-state index in [0.717, 1.165) is 11.8 Å². The lowest BCUT2D eigenvalue weighted by molar-refractivity contribution is -0.113. The number of thioether (sulfide) groups is 1. The van der Waals surface area contributed by atoms with Gasteiger partial charge in [-0.05, 0) is 49.4 Å². The molecule has 6 nitrogen and oxygen atoms in total. The first-order valence-electron chi connectivity index (χ1n) is 7.93. The van der Waals surface area contributed by atoms with Crippen LogP contribution >= 0.6 is 11.8 Å². The number of carbonyl (C=O) groups is 1. The number of hydrogen-bond acceptors (Lipinski definition) is 6. The molecule has 0 bridgehead atoms. The van der Waals surface area contributed by atoms with E-state index >= 15 is 0 Å². The summed E-state index contributed by atoms with van der Waals surface area (Å²) in [5.74, 6) is -0.412. The minimum Gasteiger partial charge on any atom is -0.481 e. The highest BCUT2D eigenvalue weighted by molar-refractivity contribution is 7.99. The molecule has 1 atom stereocenters. The summed E-state index contributed by atoms with van der Waals surface area (Å²) in [6.45, 7) is 1.71. The highest BCUT2D eigenvalue weighted by Crippen LogP contribution is 2.24. The molecule has 140 valence electrons. The number of aromatic nitrogens is 2. The van der Waals surface area contributed by atoms with Crippen LogP contribution in [0.1, 0.15) is 18.9 Å². The quantitative estimate of drug-likeness (QED) is 0.608. The van der Waals surface area contributed by atoms with Crippen LogP contribution in [0.15, 0.2) is 58.2 Å². The first kappa shape index (κ1) is 18.8. The van der Waals surface area contributed by atoms with E-state index in [1.807, 2.05) is 0 Å². The number of anilines is 1. The second-order valence-corrected chi connectivity index (χ2v) is 6.39. The summed E-state index contributed by atoms with van der Waals surface area (Å²) in [6.07, 6.45) is -0.543. The summed E-state index contributed by atoms with van der Waals surface area (Å²) in [7, 11) is 0. The Hall–Kier alpha value is -2.94. The van der Waals surface area contributed by atoms with Crippen molar-refractivity contribution in [3.8, 4) is 5.75 Å². The maximum atomic E-state index is 13.1. The summed E-state index contributed by atoms with van der Waals surface area (Å²) in [5, 5.41) is 10.5. The maximum Gasteiger partial charge on any atom is 0.277 e. The van der Waals surface area contributed by atoms with Crippen molar-refractivity contribution in [3.05, 3.63) is 66.1 Å². The van der Waals surface area contributed by atoms with Gasteiger partial charge in [0.2, 0.25) is 5.91 Å². The Morgan fingerprint density at radius 2 is 1.96 bits per heavy atom. The molecule has 2 aromatic carbocycles. The molecule has 9 heteroatoms. The zero-order valence-corrected chi connectivity index (χ0v) is 15.0. The molecule has 0 radical (unpaired) electrons.